The Morgan fingerprint density at radius 3 is 2.95 bits per heavy atom. The number of ether oxygens (including phenoxy) is 1. The van der Waals surface area contributed by atoms with Gasteiger partial charge in [0.05, 0.1) is 12.2 Å². The van der Waals surface area contributed by atoms with Gasteiger partial charge >= 0.3 is 0 Å². The van der Waals surface area contributed by atoms with Gasteiger partial charge in [0.25, 0.3) is 0 Å². The lowest BCUT2D eigenvalue weighted by molar-refractivity contribution is -0.119. The van der Waals surface area contributed by atoms with Crippen LogP contribution in [-0.2, 0) is 4.79 Å². The van der Waals surface area contributed by atoms with Gasteiger partial charge in [-0.05, 0) is 44.0 Å². The van der Waals surface area contributed by atoms with Gasteiger partial charge < -0.3 is 15.0 Å². The highest BCUT2D eigenvalue weighted by molar-refractivity contribution is 5.95. The molecule has 2 aliphatic rings. The average molecular weight is 260 g/mol. The Hall–Kier alpha value is -1.55. The molecule has 1 amide bonds. The zero-order valence-corrected chi connectivity index (χ0v) is 11.1. The van der Waals surface area contributed by atoms with Crippen molar-refractivity contribution in [1.82, 2.24) is 5.32 Å². The molecule has 2 heterocycles. The van der Waals surface area contributed by atoms with E-state index < -0.39 is 0 Å². The lowest BCUT2D eigenvalue weighted by Crippen LogP contribution is -2.40. The highest BCUT2D eigenvalue weighted by Crippen LogP contribution is 2.32. The molecule has 0 radical (unpaired) electrons. The first kappa shape index (κ1) is 12.5. The maximum Gasteiger partial charge on any atom is 0.227 e. The van der Waals surface area contributed by atoms with Crippen molar-refractivity contribution < 1.29 is 9.53 Å². The largest absolute Gasteiger partial charge is 0.490 e. The van der Waals surface area contributed by atoms with Crippen LogP contribution in [0, 0.1) is 5.92 Å². The maximum absolute atomic E-state index is 12.5. The first-order valence-corrected chi connectivity index (χ1v) is 7.07. The van der Waals surface area contributed by atoms with Crippen LogP contribution in [0.1, 0.15) is 19.3 Å². The number of fused-ring (bicyclic) bond motifs is 1. The molecule has 0 aromatic heterocycles. The molecule has 0 bridgehead atoms. The minimum Gasteiger partial charge on any atom is -0.490 e. The summed E-state index contributed by atoms with van der Waals surface area (Å²) in [5.74, 6) is 1.60. The molecule has 1 fully saturated rings. The van der Waals surface area contributed by atoms with Gasteiger partial charge in [0.1, 0.15) is 12.4 Å². The number of benzene rings is 1. The third-order valence-electron chi connectivity index (χ3n) is 3.95. The van der Waals surface area contributed by atoms with E-state index in [9.17, 15) is 4.79 Å². The SMILES string of the molecule is O=C(CC1CCNCC1)N1CCOc2ccccc21. The number of piperidine rings is 1. The number of hydrogen-bond donors (Lipinski definition) is 1. The highest BCUT2D eigenvalue weighted by Gasteiger charge is 2.26. The molecule has 4 nitrogen and oxygen atoms in total. The van der Waals surface area contributed by atoms with Crippen molar-refractivity contribution in [3.8, 4) is 5.75 Å². The van der Waals surface area contributed by atoms with Gasteiger partial charge in [-0.3, -0.25) is 4.79 Å². The summed E-state index contributed by atoms with van der Waals surface area (Å²) in [5.41, 5.74) is 0.924. The predicted molar refractivity (Wildman–Crippen MR) is 74.5 cm³/mol. The Balaban J connectivity index is 1.70. The molecule has 2 aliphatic heterocycles. The van der Waals surface area contributed by atoms with Crippen molar-refractivity contribution in [2.75, 3.05) is 31.1 Å². The summed E-state index contributed by atoms with van der Waals surface area (Å²) in [6, 6.07) is 7.80. The van der Waals surface area contributed by atoms with E-state index in [0.717, 1.165) is 37.4 Å². The predicted octanol–water partition coefficient (Wildman–Crippen LogP) is 1.80. The van der Waals surface area contributed by atoms with Crippen LogP contribution >= 0.6 is 0 Å². The molecule has 0 saturated carbocycles. The van der Waals surface area contributed by atoms with Crippen LogP contribution in [0.25, 0.3) is 0 Å². The number of hydrogen-bond acceptors (Lipinski definition) is 3. The van der Waals surface area contributed by atoms with Crippen molar-refractivity contribution in [3.63, 3.8) is 0 Å². The molecule has 1 aromatic carbocycles. The van der Waals surface area contributed by atoms with Crippen molar-refractivity contribution in [1.29, 1.82) is 0 Å². The zero-order chi connectivity index (χ0) is 13.1. The first-order valence-electron chi connectivity index (χ1n) is 7.07. The highest BCUT2D eigenvalue weighted by atomic mass is 16.5. The number of carbonyl (C=O) groups is 1. The Bertz CT molecular complexity index is 455. The summed E-state index contributed by atoms with van der Waals surface area (Å²) in [4.78, 5) is 14.4. The molecule has 0 aliphatic carbocycles. The third-order valence-corrected chi connectivity index (χ3v) is 3.95. The summed E-state index contributed by atoms with van der Waals surface area (Å²) in [6.45, 7) is 3.34. The average Bonchev–Trinajstić information content (AvgIpc) is 2.47. The molecule has 0 spiro atoms. The van der Waals surface area contributed by atoms with Crippen LogP contribution in [0.15, 0.2) is 24.3 Å². The van der Waals surface area contributed by atoms with Gasteiger partial charge in [-0.15, -0.1) is 0 Å². The van der Waals surface area contributed by atoms with Gasteiger partial charge in [0.2, 0.25) is 5.91 Å². The monoisotopic (exact) mass is 260 g/mol. The molecule has 1 saturated heterocycles. The Labute approximate surface area is 113 Å². The van der Waals surface area contributed by atoms with Crippen molar-refractivity contribution in [2.45, 2.75) is 19.3 Å². The number of nitrogens with one attached hydrogen (secondary N) is 1. The molecule has 19 heavy (non-hydrogen) atoms. The summed E-state index contributed by atoms with van der Waals surface area (Å²) in [5, 5.41) is 3.34. The van der Waals surface area contributed by atoms with E-state index in [4.69, 9.17) is 4.74 Å². The second-order valence-corrected chi connectivity index (χ2v) is 5.26. The van der Waals surface area contributed by atoms with E-state index in [-0.39, 0.29) is 5.91 Å². The van der Waals surface area contributed by atoms with Crippen LogP contribution in [0.5, 0.6) is 5.75 Å². The van der Waals surface area contributed by atoms with E-state index >= 15 is 0 Å². The van der Waals surface area contributed by atoms with E-state index in [2.05, 4.69) is 5.32 Å². The summed E-state index contributed by atoms with van der Waals surface area (Å²) in [6.07, 6.45) is 2.88. The maximum atomic E-state index is 12.5. The van der Waals surface area contributed by atoms with Gasteiger partial charge in [0.15, 0.2) is 0 Å². The minimum atomic E-state index is 0.239. The normalized spacial score (nSPS) is 19.7. The molecule has 1 aromatic rings. The van der Waals surface area contributed by atoms with E-state index in [0.29, 0.717) is 25.5 Å². The van der Waals surface area contributed by atoms with Crippen LogP contribution in [0.2, 0.25) is 0 Å². The number of nitrogens with zero attached hydrogens (tertiary/aromatic N) is 1. The fourth-order valence-electron chi connectivity index (χ4n) is 2.87. The molecule has 3 rings (SSSR count). The lowest BCUT2D eigenvalue weighted by Gasteiger charge is -2.31. The molecule has 102 valence electrons. The standard InChI is InChI=1S/C15H20N2O2/c18-15(11-12-5-7-16-8-6-12)17-9-10-19-14-4-2-1-3-13(14)17/h1-4,12,16H,5-11H2. The summed E-state index contributed by atoms with van der Waals surface area (Å²) >= 11 is 0. The number of carbonyl (C=O) groups excluding carboxylic acids is 1. The van der Waals surface area contributed by atoms with Crippen LogP contribution in [-0.4, -0.2) is 32.1 Å². The Kier molecular flexibility index (Phi) is 3.69. The molecular formula is C15H20N2O2. The fourth-order valence-corrected chi connectivity index (χ4v) is 2.87. The molecular weight excluding hydrogens is 240 g/mol. The number of amides is 1. The molecule has 0 atom stereocenters. The lowest BCUT2D eigenvalue weighted by atomic mass is 9.94. The topological polar surface area (TPSA) is 41.6 Å². The van der Waals surface area contributed by atoms with E-state index in [1.54, 1.807) is 0 Å². The summed E-state index contributed by atoms with van der Waals surface area (Å²) < 4.78 is 5.59. The first-order chi connectivity index (χ1) is 9.34. The molecule has 4 heteroatoms. The third kappa shape index (κ3) is 2.73. The smallest absolute Gasteiger partial charge is 0.227 e. The van der Waals surface area contributed by atoms with E-state index in [1.165, 1.54) is 0 Å². The molecule has 1 N–H and O–H groups in total. The fraction of sp³-hybridized carbons (Fsp3) is 0.533. The van der Waals surface area contributed by atoms with E-state index in [1.807, 2.05) is 29.2 Å². The number of rotatable bonds is 2. The Morgan fingerprint density at radius 1 is 1.32 bits per heavy atom. The van der Waals surface area contributed by atoms with Crippen molar-refractivity contribution >= 4 is 11.6 Å². The molecule has 0 unspecified atom stereocenters. The van der Waals surface area contributed by atoms with Crippen molar-refractivity contribution in [3.05, 3.63) is 24.3 Å². The van der Waals surface area contributed by atoms with Crippen LogP contribution < -0.4 is 15.0 Å². The zero-order valence-electron chi connectivity index (χ0n) is 11.1. The van der Waals surface area contributed by atoms with Gasteiger partial charge in [-0.25, -0.2) is 0 Å². The Morgan fingerprint density at radius 2 is 2.11 bits per heavy atom. The second kappa shape index (κ2) is 5.61. The second-order valence-electron chi connectivity index (χ2n) is 5.26. The number of anilines is 1. The number of para-hydroxylation sites is 2. The summed E-state index contributed by atoms with van der Waals surface area (Å²) in [7, 11) is 0. The van der Waals surface area contributed by atoms with Gasteiger partial charge in [-0.2, -0.15) is 0 Å². The van der Waals surface area contributed by atoms with Gasteiger partial charge in [0, 0.05) is 6.42 Å². The van der Waals surface area contributed by atoms with Crippen LogP contribution in [0.4, 0.5) is 5.69 Å². The quantitative estimate of drug-likeness (QED) is 0.881. The van der Waals surface area contributed by atoms with Gasteiger partial charge in [-0.1, -0.05) is 12.1 Å². The van der Waals surface area contributed by atoms with Crippen LogP contribution in [0.3, 0.4) is 0 Å². The minimum absolute atomic E-state index is 0.239. The van der Waals surface area contributed by atoms with Crippen molar-refractivity contribution in [2.24, 2.45) is 5.92 Å².